The van der Waals surface area contributed by atoms with Crippen LogP contribution < -0.4 is 5.73 Å². The molecule has 1 fully saturated rings. The first-order valence-corrected chi connectivity index (χ1v) is 4.46. The Bertz CT molecular complexity index is 295. The van der Waals surface area contributed by atoms with Gasteiger partial charge in [-0.1, -0.05) is 12.1 Å². The molecular weight excluding hydrogens is 167 g/mol. The van der Waals surface area contributed by atoms with Gasteiger partial charge in [-0.2, -0.15) is 0 Å². The summed E-state index contributed by atoms with van der Waals surface area (Å²) in [6, 6.07) is 7.03. The Balaban J connectivity index is 1.94. The quantitative estimate of drug-likeness (QED) is 0.734. The maximum Gasteiger partial charge on any atom is 0.123 e. The van der Waals surface area contributed by atoms with Gasteiger partial charge in [0.25, 0.3) is 0 Å². The monoisotopic (exact) mass is 180 g/mol. The van der Waals surface area contributed by atoms with Crippen molar-refractivity contribution in [2.75, 3.05) is 13.1 Å². The molecule has 0 atom stereocenters. The minimum atomic E-state index is -0.165. The molecule has 1 aliphatic rings. The summed E-state index contributed by atoms with van der Waals surface area (Å²) in [5.41, 5.74) is 6.66. The SMILES string of the molecule is NC1CN(Cc2cccc(F)c2)C1. The van der Waals surface area contributed by atoms with Crippen molar-refractivity contribution in [2.24, 2.45) is 5.73 Å². The largest absolute Gasteiger partial charge is 0.325 e. The van der Waals surface area contributed by atoms with Crippen LogP contribution in [0.15, 0.2) is 24.3 Å². The Hall–Kier alpha value is -0.930. The van der Waals surface area contributed by atoms with Crippen LogP contribution in [0, 0.1) is 5.82 Å². The standard InChI is InChI=1S/C10H13FN2/c11-9-3-1-2-8(4-9)5-13-6-10(12)7-13/h1-4,10H,5-7,12H2. The van der Waals surface area contributed by atoms with Crippen molar-refractivity contribution in [1.29, 1.82) is 0 Å². The summed E-state index contributed by atoms with van der Waals surface area (Å²) in [5, 5.41) is 0. The smallest absolute Gasteiger partial charge is 0.123 e. The van der Waals surface area contributed by atoms with E-state index in [1.807, 2.05) is 6.07 Å². The number of halogens is 1. The number of likely N-dealkylation sites (tertiary alicyclic amines) is 1. The van der Waals surface area contributed by atoms with Crippen LogP contribution >= 0.6 is 0 Å². The fraction of sp³-hybridized carbons (Fsp3) is 0.400. The van der Waals surface area contributed by atoms with Crippen molar-refractivity contribution >= 4 is 0 Å². The van der Waals surface area contributed by atoms with Gasteiger partial charge in [-0.05, 0) is 17.7 Å². The topological polar surface area (TPSA) is 29.3 Å². The second-order valence-electron chi connectivity index (χ2n) is 3.58. The first-order valence-electron chi connectivity index (χ1n) is 4.46. The van der Waals surface area contributed by atoms with Gasteiger partial charge in [0, 0.05) is 25.7 Å². The van der Waals surface area contributed by atoms with Crippen molar-refractivity contribution < 1.29 is 4.39 Å². The third-order valence-corrected chi connectivity index (χ3v) is 2.28. The van der Waals surface area contributed by atoms with Crippen LogP contribution in [0.25, 0.3) is 0 Å². The Labute approximate surface area is 77.2 Å². The van der Waals surface area contributed by atoms with E-state index >= 15 is 0 Å². The predicted molar refractivity (Wildman–Crippen MR) is 49.7 cm³/mol. The molecule has 0 aromatic heterocycles. The Morgan fingerprint density at radius 2 is 2.23 bits per heavy atom. The van der Waals surface area contributed by atoms with Gasteiger partial charge in [-0.15, -0.1) is 0 Å². The van der Waals surface area contributed by atoms with Crippen LogP contribution in [0.4, 0.5) is 4.39 Å². The zero-order valence-corrected chi connectivity index (χ0v) is 7.41. The van der Waals surface area contributed by atoms with Gasteiger partial charge in [-0.25, -0.2) is 4.39 Å². The van der Waals surface area contributed by atoms with E-state index in [1.165, 1.54) is 6.07 Å². The minimum absolute atomic E-state index is 0.165. The molecular formula is C10H13FN2. The molecule has 0 saturated carbocycles. The molecule has 13 heavy (non-hydrogen) atoms. The number of rotatable bonds is 2. The third kappa shape index (κ3) is 2.05. The summed E-state index contributed by atoms with van der Waals surface area (Å²) in [4.78, 5) is 2.21. The minimum Gasteiger partial charge on any atom is -0.325 e. The third-order valence-electron chi connectivity index (χ3n) is 2.28. The second-order valence-corrected chi connectivity index (χ2v) is 3.58. The highest BCUT2D eigenvalue weighted by Gasteiger charge is 2.22. The summed E-state index contributed by atoms with van der Waals surface area (Å²) in [6.07, 6.45) is 0. The predicted octanol–water partition coefficient (Wildman–Crippen LogP) is 0.969. The average Bonchev–Trinajstić information content (AvgIpc) is 2.01. The lowest BCUT2D eigenvalue weighted by atomic mass is 10.1. The van der Waals surface area contributed by atoms with E-state index in [-0.39, 0.29) is 5.82 Å². The van der Waals surface area contributed by atoms with Gasteiger partial charge in [0.05, 0.1) is 0 Å². The number of hydrogen-bond acceptors (Lipinski definition) is 2. The number of benzene rings is 1. The summed E-state index contributed by atoms with van der Waals surface area (Å²) < 4.78 is 12.8. The van der Waals surface area contributed by atoms with Crippen LogP contribution in [-0.4, -0.2) is 24.0 Å². The molecule has 1 saturated heterocycles. The van der Waals surface area contributed by atoms with Crippen molar-refractivity contribution in [3.8, 4) is 0 Å². The molecule has 0 aliphatic carbocycles. The van der Waals surface area contributed by atoms with Crippen LogP contribution in [0.1, 0.15) is 5.56 Å². The van der Waals surface area contributed by atoms with Crippen molar-refractivity contribution in [3.05, 3.63) is 35.6 Å². The van der Waals surface area contributed by atoms with Crippen molar-refractivity contribution in [2.45, 2.75) is 12.6 Å². The number of nitrogens with two attached hydrogens (primary N) is 1. The van der Waals surface area contributed by atoms with E-state index in [0.717, 1.165) is 25.2 Å². The average molecular weight is 180 g/mol. The van der Waals surface area contributed by atoms with E-state index in [0.29, 0.717) is 6.04 Å². The number of nitrogens with zero attached hydrogens (tertiary/aromatic N) is 1. The van der Waals surface area contributed by atoms with E-state index < -0.39 is 0 Å². The highest BCUT2D eigenvalue weighted by Crippen LogP contribution is 2.12. The van der Waals surface area contributed by atoms with Crippen molar-refractivity contribution in [3.63, 3.8) is 0 Å². The van der Waals surface area contributed by atoms with E-state index in [4.69, 9.17) is 5.73 Å². The summed E-state index contributed by atoms with van der Waals surface area (Å²) in [5.74, 6) is -0.165. The molecule has 0 amide bonds. The summed E-state index contributed by atoms with van der Waals surface area (Å²) in [6.45, 7) is 2.67. The molecule has 2 rings (SSSR count). The molecule has 70 valence electrons. The first kappa shape index (κ1) is 8.66. The van der Waals surface area contributed by atoms with E-state index in [9.17, 15) is 4.39 Å². The zero-order chi connectivity index (χ0) is 9.26. The molecule has 0 unspecified atom stereocenters. The van der Waals surface area contributed by atoms with Gasteiger partial charge < -0.3 is 5.73 Å². The normalized spacial score (nSPS) is 18.6. The molecule has 2 nitrogen and oxygen atoms in total. The maximum absolute atomic E-state index is 12.8. The van der Waals surface area contributed by atoms with Gasteiger partial charge in [0.15, 0.2) is 0 Å². The molecule has 3 heteroatoms. The lowest BCUT2D eigenvalue weighted by Crippen LogP contribution is -2.54. The maximum atomic E-state index is 12.8. The fourth-order valence-corrected chi connectivity index (χ4v) is 1.63. The summed E-state index contributed by atoms with van der Waals surface area (Å²) in [7, 11) is 0. The Morgan fingerprint density at radius 3 is 2.85 bits per heavy atom. The molecule has 2 N–H and O–H groups in total. The van der Waals surface area contributed by atoms with Gasteiger partial charge in [0.1, 0.15) is 5.82 Å². The van der Waals surface area contributed by atoms with Crippen LogP contribution in [0.2, 0.25) is 0 Å². The van der Waals surface area contributed by atoms with E-state index in [2.05, 4.69) is 4.90 Å². The molecule has 1 aromatic rings. The number of hydrogen-bond donors (Lipinski definition) is 1. The van der Waals surface area contributed by atoms with Crippen LogP contribution in [0.5, 0.6) is 0 Å². The zero-order valence-electron chi connectivity index (χ0n) is 7.41. The van der Waals surface area contributed by atoms with Crippen molar-refractivity contribution in [1.82, 2.24) is 4.90 Å². The highest BCUT2D eigenvalue weighted by atomic mass is 19.1. The first-order chi connectivity index (χ1) is 6.24. The Morgan fingerprint density at radius 1 is 1.46 bits per heavy atom. The lowest BCUT2D eigenvalue weighted by Gasteiger charge is -2.36. The second kappa shape index (κ2) is 3.44. The van der Waals surface area contributed by atoms with Gasteiger partial charge >= 0.3 is 0 Å². The Kier molecular flexibility index (Phi) is 2.29. The molecule has 1 aliphatic heterocycles. The van der Waals surface area contributed by atoms with E-state index in [1.54, 1.807) is 12.1 Å². The molecule has 0 spiro atoms. The molecule has 0 bridgehead atoms. The van der Waals surface area contributed by atoms with Gasteiger partial charge in [-0.3, -0.25) is 4.90 Å². The molecule has 0 radical (unpaired) electrons. The van der Waals surface area contributed by atoms with Crippen LogP contribution in [0.3, 0.4) is 0 Å². The fourth-order valence-electron chi connectivity index (χ4n) is 1.63. The van der Waals surface area contributed by atoms with Crippen LogP contribution in [-0.2, 0) is 6.54 Å². The summed E-state index contributed by atoms with van der Waals surface area (Å²) >= 11 is 0. The lowest BCUT2D eigenvalue weighted by molar-refractivity contribution is 0.142. The highest BCUT2D eigenvalue weighted by molar-refractivity contribution is 5.16. The molecule has 1 heterocycles. The molecule has 1 aromatic carbocycles. The van der Waals surface area contributed by atoms with Gasteiger partial charge in [0.2, 0.25) is 0 Å².